The fourth-order valence-corrected chi connectivity index (χ4v) is 1.98. The van der Waals surface area contributed by atoms with Crippen LogP contribution in [0.15, 0.2) is 18.2 Å². The van der Waals surface area contributed by atoms with Gasteiger partial charge >= 0.3 is 0 Å². The second kappa shape index (κ2) is 7.06. The first-order valence-corrected chi connectivity index (χ1v) is 6.61. The van der Waals surface area contributed by atoms with Crippen molar-refractivity contribution < 1.29 is 14.3 Å². The molecule has 4 heteroatoms. The number of benzene rings is 1. The fourth-order valence-electron chi connectivity index (χ4n) is 1.98. The van der Waals surface area contributed by atoms with Crippen LogP contribution in [0.1, 0.15) is 49.5 Å². The van der Waals surface area contributed by atoms with E-state index in [0.717, 1.165) is 12.8 Å². The molecule has 0 saturated heterocycles. The lowest BCUT2D eigenvalue weighted by molar-refractivity contribution is 0.0905. The van der Waals surface area contributed by atoms with Gasteiger partial charge in [0.15, 0.2) is 0 Å². The molecule has 0 spiro atoms. The fraction of sp³-hybridized carbons (Fsp3) is 0.438. The van der Waals surface area contributed by atoms with E-state index in [9.17, 15) is 9.18 Å². The Morgan fingerprint density at radius 2 is 2.15 bits per heavy atom. The van der Waals surface area contributed by atoms with E-state index in [1.54, 1.807) is 6.07 Å². The van der Waals surface area contributed by atoms with Crippen molar-refractivity contribution in [1.82, 2.24) is 5.32 Å². The highest BCUT2D eigenvalue weighted by Gasteiger charge is 2.21. The normalized spacial score (nSPS) is 10.7. The SMILES string of the molecule is CCCC(C)(C)NC(=O)c1ccc(C#CCO)cc1F. The molecule has 1 rings (SSSR count). The lowest BCUT2D eigenvalue weighted by Gasteiger charge is -2.25. The van der Waals surface area contributed by atoms with Crippen LogP contribution in [0.4, 0.5) is 4.39 Å². The van der Waals surface area contributed by atoms with Gasteiger partial charge in [0.05, 0.1) is 5.56 Å². The molecular formula is C16H20FNO2. The van der Waals surface area contributed by atoms with Gasteiger partial charge in [0.2, 0.25) is 0 Å². The second-order valence-corrected chi connectivity index (χ2v) is 5.24. The highest BCUT2D eigenvalue weighted by atomic mass is 19.1. The number of rotatable bonds is 4. The molecule has 0 atom stereocenters. The largest absolute Gasteiger partial charge is 0.384 e. The monoisotopic (exact) mass is 277 g/mol. The highest BCUT2D eigenvalue weighted by Crippen LogP contribution is 2.15. The van der Waals surface area contributed by atoms with Gasteiger partial charge in [-0.15, -0.1) is 0 Å². The third-order valence-corrected chi connectivity index (χ3v) is 2.85. The minimum absolute atomic E-state index is 0.00345. The van der Waals surface area contributed by atoms with E-state index < -0.39 is 11.7 Å². The highest BCUT2D eigenvalue weighted by molar-refractivity contribution is 5.95. The maximum Gasteiger partial charge on any atom is 0.254 e. The van der Waals surface area contributed by atoms with E-state index in [4.69, 9.17) is 5.11 Å². The quantitative estimate of drug-likeness (QED) is 0.831. The summed E-state index contributed by atoms with van der Waals surface area (Å²) in [5, 5.41) is 11.4. The van der Waals surface area contributed by atoms with E-state index in [1.807, 2.05) is 20.8 Å². The molecule has 0 aliphatic carbocycles. The Kier molecular flexibility index (Phi) is 5.72. The van der Waals surface area contributed by atoms with Crippen LogP contribution in [0.25, 0.3) is 0 Å². The summed E-state index contributed by atoms with van der Waals surface area (Å²) in [5.74, 6) is 3.99. The minimum Gasteiger partial charge on any atom is -0.384 e. The van der Waals surface area contributed by atoms with Crippen LogP contribution in [0.3, 0.4) is 0 Å². The number of halogens is 1. The molecule has 0 heterocycles. The molecule has 1 aromatic carbocycles. The molecule has 0 radical (unpaired) electrons. The summed E-state index contributed by atoms with van der Waals surface area (Å²) in [7, 11) is 0. The number of amides is 1. The van der Waals surface area contributed by atoms with Crippen LogP contribution in [-0.4, -0.2) is 23.2 Å². The molecule has 0 bridgehead atoms. The summed E-state index contributed by atoms with van der Waals surface area (Å²) < 4.78 is 13.9. The van der Waals surface area contributed by atoms with Gasteiger partial charge in [0.1, 0.15) is 12.4 Å². The van der Waals surface area contributed by atoms with Gasteiger partial charge in [0.25, 0.3) is 5.91 Å². The van der Waals surface area contributed by atoms with Crippen LogP contribution >= 0.6 is 0 Å². The molecule has 108 valence electrons. The predicted molar refractivity (Wildman–Crippen MR) is 76.8 cm³/mol. The summed E-state index contributed by atoms with van der Waals surface area (Å²) in [6.45, 7) is 5.57. The van der Waals surface area contributed by atoms with Crippen molar-refractivity contribution in [3.8, 4) is 11.8 Å². The molecule has 1 aromatic rings. The Bertz CT molecular complexity index is 541. The lowest BCUT2D eigenvalue weighted by atomic mass is 9.98. The van der Waals surface area contributed by atoms with Gasteiger partial charge in [-0.05, 0) is 38.5 Å². The third-order valence-electron chi connectivity index (χ3n) is 2.85. The summed E-state index contributed by atoms with van der Waals surface area (Å²) in [6.07, 6.45) is 1.76. The zero-order valence-electron chi connectivity index (χ0n) is 12.1. The van der Waals surface area contributed by atoms with Crippen LogP contribution in [0.5, 0.6) is 0 Å². The summed E-state index contributed by atoms with van der Waals surface area (Å²) in [4.78, 5) is 12.1. The van der Waals surface area contributed by atoms with Gasteiger partial charge < -0.3 is 10.4 Å². The zero-order valence-corrected chi connectivity index (χ0v) is 12.1. The van der Waals surface area contributed by atoms with Crippen molar-refractivity contribution in [2.45, 2.75) is 39.2 Å². The standard InChI is InChI=1S/C16H20FNO2/c1-4-9-16(2,3)18-15(20)13-8-7-12(6-5-10-19)11-14(13)17/h7-8,11,19H,4,9-10H2,1-3H3,(H,18,20). The van der Waals surface area contributed by atoms with Crippen LogP contribution in [0.2, 0.25) is 0 Å². The Morgan fingerprint density at radius 3 is 2.70 bits per heavy atom. The first-order chi connectivity index (χ1) is 9.39. The van der Waals surface area contributed by atoms with Gasteiger partial charge in [-0.3, -0.25) is 4.79 Å². The summed E-state index contributed by atoms with van der Waals surface area (Å²) in [5.41, 5.74) is 0.0674. The summed E-state index contributed by atoms with van der Waals surface area (Å²) in [6, 6.07) is 4.17. The predicted octanol–water partition coefficient (Wildman–Crippen LogP) is 2.48. The van der Waals surface area contributed by atoms with Crippen LogP contribution in [-0.2, 0) is 0 Å². The molecule has 1 amide bonds. The maximum absolute atomic E-state index is 13.9. The molecule has 0 aromatic heterocycles. The molecular weight excluding hydrogens is 257 g/mol. The second-order valence-electron chi connectivity index (χ2n) is 5.24. The Morgan fingerprint density at radius 1 is 1.45 bits per heavy atom. The van der Waals surface area contributed by atoms with Crippen molar-refractivity contribution in [3.63, 3.8) is 0 Å². The average Bonchev–Trinajstić information content (AvgIpc) is 2.35. The number of nitrogens with one attached hydrogen (secondary N) is 1. The number of carbonyl (C=O) groups is 1. The first-order valence-electron chi connectivity index (χ1n) is 6.61. The first kappa shape index (κ1) is 16.2. The number of aliphatic hydroxyl groups is 1. The van der Waals surface area contributed by atoms with Gasteiger partial charge in [-0.25, -0.2) is 4.39 Å². The zero-order chi connectivity index (χ0) is 15.2. The Labute approximate surface area is 119 Å². The van der Waals surface area contributed by atoms with E-state index >= 15 is 0 Å². The Hall–Kier alpha value is -1.86. The van der Waals surface area contributed by atoms with Crippen LogP contribution in [0, 0.1) is 17.7 Å². The van der Waals surface area contributed by atoms with Crippen molar-refractivity contribution in [2.75, 3.05) is 6.61 Å². The molecule has 0 aliphatic rings. The van der Waals surface area contributed by atoms with Crippen molar-refractivity contribution in [2.24, 2.45) is 0 Å². The maximum atomic E-state index is 13.9. The van der Waals surface area contributed by atoms with Crippen LogP contribution < -0.4 is 5.32 Å². The smallest absolute Gasteiger partial charge is 0.254 e. The third kappa shape index (κ3) is 4.67. The number of hydrogen-bond donors (Lipinski definition) is 2. The van der Waals surface area contributed by atoms with Crippen molar-refractivity contribution in [1.29, 1.82) is 0 Å². The molecule has 0 saturated carbocycles. The average molecular weight is 277 g/mol. The molecule has 0 aliphatic heterocycles. The van der Waals surface area contributed by atoms with E-state index in [0.29, 0.717) is 5.56 Å². The molecule has 3 nitrogen and oxygen atoms in total. The molecule has 20 heavy (non-hydrogen) atoms. The number of aliphatic hydroxyl groups excluding tert-OH is 1. The van der Waals surface area contributed by atoms with E-state index in [-0.39, 0.29) is 17.7 Å². The topological polar surface area (TPSA) is 49.3 Å². The molecule has 0 unspecified atom stereocenters. The van der Waals surface area contributed by atoms with E-state index in [2.05, 4.69) is 17.2 Å². The molecule has 2 N–H and O–H groups in total. The van der Waals surface area contributed by atoms with Crippen molar-refractivity contribution in [3.05, 3.63) is 35.1 Å². The number of hydrogen-bond acceptors (Lipinski definition) is 2. The van der Waals surface area contributed by atoms with Gasteiger partial charge in [0, 0.05) is 11.1 Å². The van der Waals surface area contributed by atoms with Gasteiger partial charge in [-0.2, -0.15) is 0 Å². The number of carbonyl (C=O) groups excluding carboxylic acids is 1. The minimum atomic E-state index is -0.612. The lowest BCUT2D eigenvalue weighted by Crippen LogP contribution is -2.43. The Balaban J connectivity index is 2.89. The summed E-state index contributed by atoms with van der Waals surface area (Å²) >= 11 is 0. The van der Waals surface area contributed by atoms with Crippen molar-refractivity contribution >= 4 is 5.91 Å². The van der Waals surface area contributed by atoms with Gasteiger partial charge in [-0.1, -0.05) is 25.2 Å². The molecule has 0 fully saturated rings. The van der Waals surface area contributed by atoms with E-state index in [1.165, 1.54) is 12.1 Å².